The molecule has 7 heteroatoms. The molecule has 0 aliphatic carbocycles. The predicted octanol–water partition coefficient (Wildman–Crippen LogP) is 2.65. The van der Waals surface area contributed by atoms with E-state index in [0.29, 0.717) is 28.8 Å². The number of anilines is 2. The van der Waals surface area contributed by atoms with E-state index in [1.54, 1.807) is 12.1 Å². The molecule has 7 nitrogen and oxygen atoms in total. The Labute approximate surface area is 147 Å². The first kappa shape index (κ1) is 17.1. The average molecular weight is 344 g/mol. The van der Waals surface area contributed by atoms with Crippen molar-refractivity contribution in [3.8, 4) is 11.5 Å². The van der Waals surface area contributed by atoms with Crippen molar-refractivity contribution in [2.75, 3.05) is 17.8 Å². The van der Waals surface area contributed by atoms with Gasteiger partial charge in [-0.3, -0.25) is 9.48 Å². The zero-order chi connectivity index (χ0) is 18.1. The highest BCUT2D eigenvalue weighted by Crippen LogP contribution is 2.38. The van der Waals surface area contributed by atoms with E-state index in [2.05, 4.69) is 24.3 Å². The van der Waals surface area contributed by atoms with Crippen LogP contribution >= 0.6 is 0 Å². The van der Waals surface area contributed by atoms with Crippen molar-refractivity contribution in [2.45, 2.75) is 40.7 Å². The van der Waals surface area contributed by atoms with Gasteiger partial charge in [0.1, 0.15) is 0 Å². The molecular weight excluding hydrogens is 320 g/mol. The standard InChI is InChI=1S/C18H24N4O3/c1-10(2)8-22-12(4)13(11(3)21-22)5-18(23)20-15-7-17-16(6-14(15)19)24-9-25-17/h6-7,10H,5,8-9,19H2,1-4H3,(H,20,23). The number of carbonyl (C=O) groups excluding carboxylic acids is 1. The van der Waals surface area contributed by atoms with Gasteiger partial charge in [0.15, 0.2) is 11.5 Å². The summed E-state index contributed by atoms with van der Waals surface area (Å²) in [4.78, 5) is 12.5. The topological polar surface area (TPSA) is 91.4 Å². The number of aryl methyl sites for hydroxylation is 1. The van der Waals surface area contributed by atoms with Gasteiger partial charge >= 0.3 is 0 Å². The molecule has 1 aliphatic heterocycles. The van der Waals surface area contributed by atoms with Crippen molar-refractivity contribution in [3.05, 3.63) is 29.1 Å². The Morgan fingerprint density at radius 1 is 1.32 bits per heavy atom. The van der Waals surface area contributed by atoms with Crippen LogP contribution in [0, 0.1) is 19.8 Å². The van der Waals surface area contributed by atoms with Crippen molar-refractivity contribution in [3.63, 3.8) is 0 Å². The van der Waals surface area contributed by atoms with E-state index >= 15 is 0 Å². The smallest absolute Gasteiger partial charge is 0.231 e. The number of nitrogens with two attached hydrogens (primary N) is 1. The van der Waals surface area contributed by atoms with Gasteiger partial charge in [0, 0.05) is 29.9 Å². The molecular formula is C18H24N4O3. The Kier molecular flexibility index (Phi) is 4.57. The van der Waals surface area contributed by atoms with E-state index < -0.39 is 0 Å². The van der Waals surface area contributed by atoms with Crippen molar-refractivity contribution >= 4 is 17.3 Å². The Hall–Kier alpha value is -2.70. The third kappa shape index (κ3) is 3.55. The van der Waals surface area contributed by atoms with E-state index in [-0.39, 0.29) is 19.1 Å². The van der Waals surface area contributed by atoms with E-state index in [9.17, 15) is 4.79 Å². The molecule has 0 spiro atoms. The quantitative estimate of drug-likeness (QED) is 0.814. The first-order chi connectivity index (χ1) is 11.8. The number of nitrogens with one attached hydrogen (secondary N) is 1. The number of hydrogen-bond acceptors (Lipinski definition) is 5. The normalized spacial score (nSPS) is 12.7. The lowest BCUT2D eigenvalue weighted by Crippen LogP contribution is -2.16. The zero-order valence-corrected chi connectivity index (χ0v) is 15.0. The molecule has 1 aliphatic rings. The minimum atomic E-state index is -0.138. The van der Waals surface area contributed by atoms with Gasteiger partial charge in [-0.15, -0.1) is 0 Å². The van der Waals surface area contributed by atoms with Crippen LogP contribution in [0.1, 0.15) is 30.8 Å². The molecule has 3 N–H and O–H groups in total. The number of benzene rings is 1. The molecule has 2 aromatic rings. The molecule has 2 heterocycles. The van der Waals surface area contributed by atoms with Crippen LogP contribution in [0.25, 0.3) is 0 Å². The van der Waals surface area contributed by atoms with E-state index in [0.717, 1.165) is 23.5 Å². The first-order valence-electron chi connectivity index (χ1n) is 8.37. The van der Waals surface area contributed by atoms with Gasteiger partial charge in [0.2, 0.25) is 12.7 Å². The minimum absolute atomic E-state index is 0.138. The van der Waals surface area contributed by atoms with E-state index in [1.807, 2.05) is 18.5 Å². The number of aromatic nitrogens is 2. The molecule has 3 rings (SSSR count). The summed E-state index contributed by atoms with van der Waals surface area (Å²) in [5, 5.41) is 7.41. The number of fused-ring (bicyclic) bond motifs is 1. The van der Waals surface area contributed by atoms with Crippen molar-refractivity contribution in [1.29, 1.82) is 0 Å². The van der Waals surface area contributed by atoms with E-state index in [1.165, 1.54) is 0 Å². The first-order valence-corrected chi connectivity index (χ1v) is 8.37. The van der Waals surface area contributed by atoms with Crippen LogP contribution in [0.5, 0.6) is 11.5 Å². The van der Waals surface area contributed by atoms with Gasteiger partial charge in [-0.05, 0) is 19.8 Å². The predicted molar refractivity (Wildman–Crippen MR) is 95.9 cm³/mol. The van der Waals surface area contributed by atoms with E-state index in [4.69, 9.17) is 15.2 Å². The van der Waals surface area contributed by atoms with Gasteiger partial charge in [-0.25, -0.2) is 0 Å². The van der Waals surface area contributed by atoms with Gasteiger partial charge in [-0.2, -0.15) is 5.10 Å². The SMILES string of the molecule is Cc1nn(CC(C)C)c(C)c1CC(=O)Nc1cc2c(cc1N)OCO2. The number of ether oxygens (including phenoxy) is 2. The molecule has 1 amide bonds. The number of carbonyl (C=O) groups is 1. The van der Waals surface area contributed by atoms with Crippen LogP contribution in [-0.2, 0) is 17.8 Å². The summed E-state index contributed by atoms with van der Waals surface area (Å²) in [5.41, 5.74) is 9.83. The second kappa shape index (κ2) is 6.66. The number of nitrogens with zero attached hydrogens (tertiary/aromatic N) is 2. The zero-order valence-electron chi connectivity index (χ0n) is 15.0. The van der Waals surface area contributed by atoms with Crippen molar-refractivity contribution in [1.82, 2.24) is 9.78 Å². The van der Waals surface area contributed by atoms with Gasteiger partial charge in [0.25, 0.3) is 0 Å². The highest BCUT2D eigenvalue weighted by atomic mass is 16.7. The molecule has 1 aromatic heterocycles. The Morgan fingerprint density at radius 3 is 2.68 bits per heavy atom. The summed E-state index contributed by atoms with van der Waals surface area (Å²) < 4.78 is 12.6. The second-order valence-electron chi connectivity index (χ2n) is 6.74. The molecule has 25 heavy (non-hydrogen) atoms. The highest BCUT2D eigenvalue weighted by molar-refractivity contribution is 5.96. The molecule has 0 fully saturated rings. The minimum Gasteiger partial charge on any atom is -0.454 e. The highest BCUT2D eigenvalue weighted by Gasteiger charge is 2.19. The van der Waals surface area contributed by atoms with Crippen LogP contribution in [0.2, 0.25) is 0 Å². The third-order valence-corrected chi connectivity index (χ3v) is 4.23. The van der Waals surface area contributed by atoms with Crippen LogP contribution in [0.4, 0.5) is 11.4 Å². The summed E-state index contributed by atoms with van der Waals surface area (Å²) in [6.45, 7) is 9.22. The Morgan fingerprint density at radius 2 is 2.00 bits per heavy atom. The fraction of sp³-hybridized carbons (Fsp3) is 0.444. The molecule has 1 aromatic carbocycles. The van der Waals surface area contributed by atoms with Crippen molar-refractivity contribution < 1.29 is 14.3 Å². The molecule has 0 saturated heterocycles. The Bertz CT molecular complexity index is 811. The molecule has 0 saturated carbocycles. The Balaban J connectivity index is 1.74. The fourth-order valence-corrected chi connectivity index (χ4v) is 2.93. The fourth-order valence-electron chi connectivity index (χ4n) is 2.93. The number of hydrogen-bond donors (Lipinski definition) is 2. The van der Waals surface area contributed by atoms with Gasteiger partial charge in [0.05, 0.1) is 23.5 Å². The molecule has 0 bridgehead atoms. The maximum absolute atomic E-state index is 12.5. The number of amides is 1. The van der Waals surface area contributed by atoms with Crippen molar-refractivity contribution in [2.24, 2.45) is 5.92 Å². The van der Waals surface area contributed by atoms with Crippen LogP contribution in [-0.4, -0.2) is 22.5 Å². The molecule has 0 atom stereocenters. The summed E-state index contributed by atoms with van der Waals surface area (Å²) in [5.74, 6) is 1.53. The molecule has 134 valence electrons. The second-order valence-corrected chi connectivity index (χ2v) is 6.74. The number of nitrogen functional groups attached to an aromatic ring is 1. The van der Waals surface area contributed by atoms with Crippen LogP contribution in [0.3, 0.4) is 0 Å². The maximum atomic E-state index is 12.5. The monoisotopic (exact) mass is 344 g/mol. The van der Waals surface area contributed by atoms with Gasteiger partial charge < -0.3 is 20.5 Å². The summed E-state index contributed by atoms with van der Waals surface area (Å²) in [6, 6.07) is 3.35. The molecule has 0 unspecified atom stereocenters. The lowest BCUT2D eigenvalue weighted by atomic mass is 10.1. The maximum Gasteiger partial charge on any atom is 0.231 e. The number of rotatable bonds is 5. The third-order valence-electron chi connectivity index (χ3n) is 4.23. The summed E-state index contributed by atoms with van der Waals surface area (Å²) in [6.07, 6.45) is 0.254. The van der Waals surface area contributed by atoms with Crippen LogP contribution < -0.4 is 20.5 Å². The van der Waals surface area contributed by atoms with Crippen LogP contribution in [0.15, 0.2) is 12.1 Å². The summed E-state index contributed by atoms with van der Waals surface area (Å²) >= 11 is 0. The largest absolute Gasteiger partial charge is 0.454 e. The summed E-state index contributed by atoms with van der Waals surface area (Å²) in [7, 11) is 0. The van der Waals surface area contributed by atoms with Gasteiger partial charge in [-0.1, -0.05) is 13.8 Å². The average Bonchev–Trinajstić information content (AvgIpc) is 3.07. The lowest BCUT2D eigenvalue weighted by molar-refractivity contribution is -0.115. The lowest BCUT2D eigenvalue weighted by Gasteiger charge is -2.10. The molecule has 0 radical (unpaired) electrons.